The van der Waals surface area contributed by atoms with Gasteiger partial charge in [-0.05, 0) is 23.8 Å². The number of carbonyl (C=O) groups is 4. The Morgan fingerprint density at radius 3 is 2.66 bits per heavy atom. The highest BCUT2D eigenvalue weighted by Gasteiger charge is 2.33. The van der Waals surface area contributed by atoms with Crippen LogP contribution in [-0.4, -0.2) is 52.7 Å². The fraction of sp³-hybridized carbons (Fsp3) is 0.652. The van der Waals surface area contributed by atoms with E-state index in [1.807, 2.05) is 20.8 Å². The molecule has 0 aliphatic carbocycles. The van der Waals surface area contributed by atoms with Crippen LogP contribution in [0.15, 0.2) is 12.3 Å². The first-order chi connectivity index (χ1) is 15.0. The maximum atomic E-state index is 13.1. The Kier molecular flexibility index (Phi) is 8.86. The fourth-order valence-corrected chi connectivity index (χ4v) is 3.35. The molecule has 9 heteroatoms. The molecule has 2 unspecified atom stereocenters. The van der Waals surface area contributed by atoms with Crippen LogP contribution in [0.2, 0.25) is 0 Å². The van der Waals surface area contributed by atoms with E-state index in [4.69, 9.17) is 4.74 Å². The van der Waals surface area contributed by atoms with E-state index in [1.54, 1.807) is 26.1 Å². The summed E-state index contributed by atoms with van der Waals surface area (Å²) in [5, 5.41) is 5.23. The predicted octanol–water partition coefficient (Wildman–Crippen LogP) is 2.02. The summed E-state index contributed by atoms with van der Waals surface area (Å²) in [6, 6.07) is 0.851. The lowest BCUT2D eigenvalue weighted by atomic mass is 9.87. The molecule has 2 atom stereocenters. The molecule has 2 amide bonds. The Morgan fingerprint density at radius 2 is 2.00 bits per heavy atom. The third kappa shape index (κ3) is 8.01. The number of fused-ring (bicyclic) bond motifs is 2. The van der Waals surface area contributed by atoms with Gasteiger partial charge in [0.1, 0.15) is 5.82 Å². The summed E-state index contributed by atoms with van der Waals surface area (Å²) >= 11 is 0. The van der Waals surface area contributed by atoms with Crippen molar-refractivity contribution >= 4 is 23.6 Å². The van der Waals surface area contributed by atoms with E-state index in [-0.39, 0.29) is 36.6 Å². The second-order valence-electron chi connectivity index (χ2n) is 9.76. The number of carbonyl (C=O) groups excluding carboxylic acids is 4. The minimum atomic E-state index is -0.878. The lowest BCUT2D eigenvalue weighted by molar-refractivity contribution is -0.141. The number of aromatic nitrogens is 2. The summed E-state index contributed by atoms with van der Waals surface area (Å²) in [6.45, 7) is 9.93. The average molecular weight is 447 g/mol. The lowest BCUT2D eigenvalue weighted by Crippen LogP contribution is -2.47. The van der Waals surface area contributed by atoms with E-state index in [2.05, 4.69) is 20.6 Å². The minimum Gasteiger partial charge on any atom is -0.449 e. The molecule has 0 saturated carbocycles. The predicted molar refractivity (Wildman–Crippen MR) is 118 cm³/mol. The van der Waals surface area contributed by atoms with Gasteiger partial charge in [-0.1, -0.05) is 34.6 Å². The monoisotopic (exact) mass is 446 g/mol. The Hall–Kier alpha value is -2.84. The van der Waals surface area contributed by atoms with Crippen molar-refractivity contribution < 1.29 is 23.9 Å². The van der Waals surface area contributed by atoms with Gasteiger partial charge in [-0.25, -0.2) is 14.8 Å². The Bertz CT molecular complexity index is 847. The number of ether oxygens (including phenoxy) is 1. The van der Waals surface area contributed by atoms with E-state index < -0.39 is 29.7 Å². The number of alkyl carbamates (subject to hydrolysis) is 1. The maximum Gasteiger partial charge on any atom is 0.407 e. The van der Waals surface area contributed by atoms with Gasteiger partial charge in [0.15, 0.2) is 5.78 Å². The van der Waals surface area contributed by atoms with Gasteiger partial charge in [0, 0.05) is 43.6 Å². The van der Waals surface area contributed by atoms with Gasteiger partial charge < -0.3 is 15.4 Å². The average Bonchev–Trinajstić information content (AvgIpc) is 2.72. The molecular weight excluding hydrogens is 412 g/mol. The molecule has 2 rings (SSSR count). The Morgan fingerprint density at radius 1 is 1.28 bits per heavy atom. The summed E-state index contributed by atoms with van der Waals surface area (Å²) in [4.78, 5) is 59.2. The Labute approximate surface area is 189 Å². The third-order valence-electron chi connectivity index (χ3n) is 5.05. The van der Waals surface area contributed by atoms with Crippen LogP contribution < -0.4 is 10.6 Å². The SMILES string of the molecule is CC(C)C(NC(=O)OCC(C)(C)C)C(=O)CC1Cc2ccnc(n2)CCCNC(=O)C1=O. The summed E-state index contributed by atoms with van der Waals surface area (Å²) in [5.41, 5.74) is 0.397. The molecule has 2 heterocycles. The molecule has 9 nitrogen and oxygen atoms in total. The van der Waals surface area contributed by atoms with E-state index in [9.17, 15) is 19.2 Å². The number of rotatable bonds is 6. The Balaban J connectivity index is 2.16. The van der Waals surface area contributed by atoms with Crippen molar-refractivity contribution in [2.24, 2.45) is 17.3 Å². The van der Waals surface area contributed by atoms with E-state index in [0.29, 0.717) is 30.9 Å². The van der Waals surface area contributed by atoms with Gasteiger partial charge in [0.25, 0.3) is 5.91 Å². The molecule has 2 bridgehead atoms. The molecule has 0 spiro atoms. The number of ketones is 2. The van der Waals surface area contributed by atoms with Crippen LogP contribution in [0.5, 0.6) is 0 Å². The number of aryl methyl sites for hydroxylation is 1. The van der Waals surface area contributed by atoms with Crippen LogP contribution in [0.4, 0.5) is 4.79 Å². The van der Waals surface area contributed by atoms with Gasteiger partial charge >= 0.3 is 6.09 Å². The quantitative estimate of drug-likeness (QED) is 0.640. The van der Waals surface area contributed by atoms with Gasteiger partial charge in [-0.15, -0.1) is 0 Å². The van der Waals surface area contributed by atoms with Crippen LogP contribution in [0.3, 0.4) is 0 Å². The van der Waals surface area contributed by atoms with E-state index in [1.165, 1.54) is 0 Å². The van der Waals surface area contributed by atoms with Crippen LogP contribution in [0.1, 0.15) is 59.0 Å². The number of hydrogen-bond donors (Lipinski definition) is 2. The first-order valence-electron chi connectivity index (χ1n) is 11.0. The van der Waals surface area contributed by atoms with Gasteiger partial charge in [0.05, 0.1) is 12.6 Å². The van der Waals surface area contributed by atoms with Crippen molar-refractivity contribution in [3.05, 3.63) is 23.8 Å². The van der Waals surface area contributed by atoms with Crippen molar-refractivity contribution in [1.82, 2.24) is 20.6 Å². The van der Waals surface area contributed by atoms with Crippen molar-refractivity contribution in [2.75, 3.05) is 13.2 Å². The standard InChI is InChI=1S/C23H34N4O5/c1-14(2)19(27-22(31)32-13-23(3,4)5)17(28)12-15-11-16-8-10-24-18(26-16)7-6-9-25-21(30)20(15)29/h8,10,14-15,19H,6-7,9,11-13H2,1-5H3,(H,25,30)(H,27,31). The third-order valence-corrected chi connectivity index (χ3v) is 5.05. The summed E-state index contributed by atoms with van der Waals surface area (Å²) < 4.78 is 5.23. The van der Waals surface area contributed by atoms with Gasteiger partial charge in [0.2, 0.25) is 5.78 Å². The largest absolute Gasteiger partial charge is 0.449 e. The molecule has 1 aromatic rings. The second-order valence-corrected chi connectivity index (χ2v) is 9.76. The van der Waals surface area contributed by atoms with Gasteiger partial charge in [-0.2, -0.15) is 0 Å². The van der Waals surface area contributed by atoms with E-state index in [0.717, 1.165) is 0 Å². The molecule has 0 saturated heterocycles. The summed E-state index contributed by atoms with van der Waals surface area (Å²) in [6.07, 6.45) is 2.10. The number of nitrogens with zero attached hydrogens (tertiary/aromatic N) is 2. The zero-order valence-corrected chi connectivity index (χ0v) is 19.6. The highest BCUT2D eigenvalue weighted by molar-refractivity contribution is 6.37. The molecule has 1 aliphatic heterocycles. The molecule has 0 fully saturated rings. The van der Waals surface area contributed by atoms with Gasteiger partial charge in [-0.3, -0.25) is 14.4 Å². The molecule has 1 aliphatic rings. The molecule has 176 valence electrons. The molecular formula is C23H34N4O5. The van der Waals surface area contributed by atoms with Crippen LogP contribution in [-0.2, 0) is 32.0 Å². The second kappa shape index (κ2) is 11.2. The van der Waals surface area contributed by atoms with Crippen molar-refractivity contribution in [1.29, 1.82) is 0 Å². The maximum absolute atomic E-state index is 13.1. The molecule has 32 heavy (non-hydrogen) atoms. The minimum absolute atomic E-state index is 0.146. The fourth-order valence-electron chi connectivity index (χ4n) is 3.35. The molecule has 0 aromatic carbocycles. The highest BCUT2D eigenvalue weighted by Crippen LogP contribution is 2.18. The topological polar surface area (TPSA) is 127 Å². The summed E-state index contributed by atoms with van der Waals surface area (Å²) in [7, 11) is 0. The number of Topliss-reactive ketones (excluding diaryl/α,β-unsaturated/α-hetero) is 2. The van der Waals surface area contributed by atoms with Crippen molar-refractivity contribution in [3.63, 3.8) is 0 Å². The molecule has 0 radical (unpaired) electrons. The smallest absolute Gasteiger partial charge is 0.407 e. The molecule has 2 N–H and O–H groups in total. The van der Waals surface area contributed by atoms with Crippen LogP contribution >= 0.6 is 0 Å². The zero-order valence-electron chi connectivity index (χ0n) is 19.6. The van der Waals surface area contributed by atoms with E-state index >= 15 is 0 Å². The summed E-state index contributed by atoms with van der Waals surface area (Å²) in [5.74, 6) is -2.15. The number of hydrogen-bond acceptors (Lipinski definition) is 7. The normalized spacial score (nSPS) is 18.4. The number of amides is 2. The van der Waals surface area contributed by atoms with Crippen LogP contribution in [0.25, 0.3) is 0 Å². The van der Waals surface area contributed by atoms with Crippen LogP contribution in [0, 0.1) is 17.3 Å². The lowest BCUT2D eigenvalue weighted by Gasteiger charge is -2.24. The van der Waals surface area contributed by atoms with Crippen molar-refractivity contribution in [2.45, 2.75) is 66.3 Å². The zero-order chi connectivity index (χ0) is 23.9. The highest BCUT2D eigenvalue weighted by atomic mass is 16.5. The first-order valence-corrected chi connectivity index (χ1v) is 11.0. The first kappa shape index (κ1) is 25.4. The van der Waals surface area contributed by atoms with Crippen molar-refractivity contribution in [3.8, 4) is 0 Å². The number of nitrogens with one attached hydrogen (secondary N) is 2. The molecule has 1 aromatic heterocycles.